The van der Waals surface area contributed by atoms with E-state index in [4.69, 9.17) is 21.3 Å². The van der Waals surface area contributed by atoms with Crippen molar-refractivity contribution in [2.45, 2.75) is 45.6 Å². The molecule has 0 fully saturated rings. The first kappa shape index (κ1) is 17.5. The average molecular weight is 385 g/mol. The second kappa shape index (κ2) is 7.01. The van der Waals surface area contributed by atoms with Crippen molar-refractivity contribution in [2.75, 3.05) is 0 Å². The number of rotatable bonds is 4. The normalized spacial score (nSPS) is 16.1. The molecular weight excluding hydrogens is 364 g/mol. The van der Waals surface area contributed by atoms with Crippen LogP contribution in [0.4, 0.5) is 0 Å². The minimum Gasteiger partial charge on any atom is -0.474 e. The van der Waals surface area contributed by atoms with Crippen molar-refractivity contribution in [2.24, 2.45) is 0 Å². The summed E-state index contributed by atoms with van der Waals surface area (Å²) in [6.07, 6.45) is 6.06. The topological polar surface area (TPSA) is 35.0 Å². The van der Waals surface area contributed by atoms with E-state index in [1.54, 1.807) is 11.3 Å². The zero-order valence-electron chi connectivity index (χ0n) is 15.1. The number of ether oxygens (including phenoxy) is 1. The fraction of sp³-hybridized carbons (Fsp3) is 0.333. The standard InChI is InChI=1S/C21H21ClN2OS/c1-12(2)25-20-18(22)9-14(10-23-20)19-11-24-21(26-19)17-8-7-15-13(3)5-4-6-16(15)17/h4-6,9-12,17H,7-8H2,1-3H3/t17-/m1/s1. The maximum Gasteiger partial charge on any atom is 0.232 e. The van der Waals surface area contributed by atoms with Crippen LogP contribution in [0, 0.1) is 6.92 Å². The van der Waals surface area contributed by atoms with E-state index in [2.05, 4.69) is 30.1 Å². The van der Waals surface area contributed by atoms with Crippen LogP contribution >= 0.6 is 22.9 Å². The quantitative estimate of drug-likeness (QED) is 0.550. The third-order valence-electron chi connectivity index (χ3n) is 4.77. The molecule has 0 saturated carbocycles. The minimum absolute atomic E-state index is 0.0479. The summed E-state index contributed by atoms with van der Waals surface area (Å²) >= 11 is 8.07. The Morgan fingerprint density at radius 1 is 1.23 bits per heavy atom. The Labute approximate surface area is 163 Å². The number of hydrogen-bond acceptors (Lipinski definition) is 4. The van der Waals surface area contributed by atoms with Gasteiger partial charge in [-0.3, -0.25) is 0 Å². The van der Waals surface area contributed by atoms with E-state index in [0.717, 1.165) is 23.3 Å². The van der Waals surface area contributed by atoms with E-state index in [0.29, 0.717) is 16.8 Å². The SMILES string of the molecule is Cc1cccc2c1CC[C@H]2c1ncc(-c2cnc(OC(C)C)c(Cl)c2)s1. The molecule has 0 N–H and O–H groups in total. The Morgan fingerprint density at radius 3 is 2.85 bits per heavy atom. The minimum atomic E-state index is 0.0479. The number of aryl methyl sites for hydroxylation is 1. The van der Waals surface area contributed by atoms with Gasteiger partial charge in [-0.05, 0) is 56.4 Å². The van der Waals surface area contributed by atoms with E-state index in [-0.39, 0.29) is 6.10 Å². The molecule has 0 bridgehead atoms. The lowest BCUT2D eigenvalue weighted by Crippen LogP contribution is -2.07. The van der Waals surface area contributed by atoms with E-state index in [1.165, 1.54) is 21.7 Å². The Hall–Kier alpha value is -1.91. The molecule has 0 aliphatic heterocycles. The van der Waals surface area contributed by atoms with Crippen LogP contribution in [0.2, 0.25) is 5.02 Å². The zero-order chi connectivity index (χ0) is 18.3. The van der Waals surface area contributed by atoms with Crippen LogP contribution in [0.1, 0.15) is 47.9 Å². The first-order chi connectivity index (χ1) is 12.5. The predicted octanol–water partition coefficient (Wildman–Crippen LogP) is 6.03. The lowest BCUT2D eigenvalue weighted by molar-refractivity contribution is 0.233. The first-order valence-electron chi connectivity index (χ1n) is 8.89. The van der Waals surface area contributed by atoms with Gasteiger partial charge in [0.15, 0.2) is 0 Å². The van der Waals surface area contributed by atoms with E-state index < -0.39 is 0 Å². The summed E-state index contributed by atoms with van der Waals surface area (Å²) in [6, 6.07) is 8.51. The first-order valence-corrected chi connectivity index (χ1v) is 10.1. The van der Waals surface area contributed by atoms with Crippen molar-refractivity contribution >= 4 is 22.9 Å². The molecule has 0 spiro atoms. The van der Waals surface area contributed by atoms with Crippen LogP contribution in [-0.2, 0) is 6.42 Å². The molecule has 0 unspecified atom stereocenters. The molecule has 2 heterocycles. The Balaban J connectivity index is 1.62. The van der Waals surface area contributed by atoms with Crippen LogP contribution in [0.25, 0.3) is 10.4 Å². The third-order valence-corrected chi connectivity index (χ3v) is 6.20. The van der Waals surface area contributed by atoms with Crippen LogP contribution in [0.15, 0.2) is 36.7 Å². The molecule has 3 aromatic rings. The highest BCUT2D eigenvalue weighted by Gasteiger charge is 2.27. The summed E-state index contributed by atoms with van der Waals surface area (Å²) in [6.45, 7) is 6.12. The van der Waals surface area contributed by atoms with Crippen LogP contribution in [0.3, 0.4) is 0 Å². The second-order valence-corrected chi connectivity index (χ2v) is 8.44. The number of hydrogen-bond donors (Lipinski definition) is 0. The van der Waals surface area contributed by atoms with Gasteiger partial charge < -0.3 is 4.74 Å². The van der Waals surface area contributed by atoms with Gasteiger partial charge in [-0.15, -0.1) is 11.3 Å². The maximum atomic E-state index is 6.34. The van der Waals surface area contributed by atoms with Gasteiger partial charge in [-0.2, -0.15) is 0 Å². The van der Waals surface area contributed by atoms with E-state index in [1.807, 2.05) is 32.3 Å². The lowest BCUT2D eigenvalue weighted by Gasteiger charge is -2.10. The summed E-state index contributed by atoms with van der Waals surface area (Å²) in [7, 11) is 0. The molecule has 0 saturated heterocycles. The van der Waals surface area contributed by atoms with Crippen LogP contribution in [0.5, 0.6) is 5.88 Å². The number of fused-ring (bicyclic) bond motifs is 1. The van der Waals surface area contributed by atoms with Crippen molar-refractivity contribution in [3.63, 3.8) is 0 Å². The Kier molecular flexibility index (Phi) is 4.72. The van der Waals surface area contributed by atoms with Gasteiger partial charge in [-0.1, -0.05) is 29.8 Å². The average Bonchev–Trinajstić information content (AvgIpc) is 3.23. The van der Waals surface area contributed by atoms with Gasteiger partial charge in [0.25, 0.3) is 0 Å². The van der Waals surface area contributed by atoms with Gasteiger partial charge >= 0.3 is 0 Å². The molecule has 134 valence electrons. The fourth-order valence-electron chi connectivity index (χ4n) is 3.55. The summed E-state index contributed by atoms with van der Waals surface area (Å²) in [5, 5.41) is 1.70. The molecule has 26 heavy (non-hydrogen) atoms. The summed E-state index contributed by atoms with van der Waals surface area (Å²) < 4.78 is 5.62. The zero-order valence-corrected chi connectivity index (χ0v) is 16.7. The highest BCUT2D eigenvalue weighted by Crippen LogP contribution is 2.42. The van der Waals surface area contributed by atoms with Crippen molar-refractivity contribution < 1.29 is 4.74 Å². The van der Waals surface area contributed by atoms with Crippen molar-refractivity contribution in [3.05, 3.63) is 63.4 Å². The van der Waals surface area contributed by atoms with Crippen molar-refractivity contribution in [1.29, 1.82) is 0 Å². The van der Waals surface area contributed by atoms with Crippen molar-refractivity contribution in [3.8, 4) is 16.3 Å². The van der Waals surface area contributed by atoms with Gasteiger partial charge in [0.05, 0.1) is 11.0 Å². The number of pyridine rings is 1. The van der Waals surface area contributed by atoms with Gasteiger partial charge in [0.2, 0.25) is 5.88 Å². The molecule has 4 rings (SSSR count). The Morgan fingerprint density at radius 2 is 2.08 bits per heavy atom. The number of halogens is 1. The highest BCUT2D eigenvalue weighted by molar-refractivity contribution is 7.15. The Bertz CT molecular complexity index is 951. The van der Waals surface area contributed by atoms with E-state index >= 15 is 0 Å². The highest BCUT2D eigenvalue weighted by atomic mass is 35.5. The van der Waals surface area contributed by atoms with E-state index in [9.17, 15) is 0 Å². The smallest absolute Gasteiger partial charge is 0.232 e. The molecule has 2 aromatic heterocycles. The largest absolute Gasteiger partial charge is 0.474 e. The molecule has 5 heteroatoms. The van der Waals surface area contributed by atoms with Gasteiger partial charge in [-0.25, -0.2) is 9.97 Å². The van der Waals surface area contributed by atoms with Gasteiger partial charge in [0.1, 0.15) is 10.0 Å². The third kappa shape index (κ3) is 3.24. The molecule has 1 aromatic carbocycles. The van der Waals surface area contributed by atoms with Gasteiger partial charge in [0, 0.05) is 23.9 Å². The number of benzene rings is 1. The predicted molar refractivity (Wildman–Crippen MR) is 107 cm³/mol. The monoisotopic (exact) mass is 384 g/mol. The molecule has 3 nitrogen and oxygen atoms in total. The maximum absolute atomic E-state index is 6.34. The molecule has 1 aliphatic rings. The number of nitrogens with zero attached hydrogens (tertiary/aromatic N) is 2. The molecule has 0 amide bonds. The van der Waals surface area contributed by atoms with Crippen LogP contribution < -0.4 is 4.74 Å². The number of thiazole rings is 1. The number of aromatic nitrogens is 2. The molecule has 1 aliphatic carbocycles. The van der Waals surface area contributed by atoms with Crippen LogP contribution in [-0.4, -0.2) is 16.1 Å². The summed E-state index contributed by atoms with van der Waals surface area (Å²) in [5.41, 5.74) is 5.30. The second-order valence-electron chi connectivity index (χ2n) is 6.97. The summed E-state index contributed by atoms with van der Waals surface area (Å²) in [5.74, 6) is 0.881. The molecule has 0 radical (unpaired) electrons. The van der Waals surface area contributed by atoms with Crippen molar-refractivity contribution in [1.82, 2.24) is 9.97 Å². The molecule has 1 atom stereocenters. The fourth-order valence-corrected chi connectivity index (χ4v) is 4.81. The lowest BCUT2D eigenvalue weighted by atomic mass is 10.00. The molecular formula is C21H21ClN2OS. The summed E-state index contributed by atoms with van der Waals surface area (Å²) in [4.78, 5) is 10.2.